The van der Waals surface area contributed by atoms with Crippen molar-refractivity contribution in [3.05, 3.63) is 0 Å². The van der Waals surface area contributed by atoms with Crippen LogP contribution in [0.2, 0.25) is 0 Å². The van der Waals surface area contributed by atoms with Crippen LogP contribution in [0.25, 0.3) is 0 Å². The zero-order valence-electron chi connectivity index (χ0n) is 16.2. The van der Waals surface area contributed by atoms with Gasteiger partial charge in [-0.3, -0.25) is 0 Å². The summed E-state index contributed by atoms with van der Waals surface area (Å²) in [7, 11) is -4.53. The molecule has 0 aromatic rings. The van der Waals surface area contributed by atoms with Gasteiger partial charge in [-0.05, 0) is 19.1 Å². The van der Waals surface area contributed by atoms with Crippen LogP contribution in [0.3, 0.4) is 0 Å². The first-order valence-electron chi connectivity index (χ1n) is 9.98. The van der Waals surface area contributed by atoms with E-state index in [0.29, 0.717) is 0 Å². The van der Waals surface area contributed by atoms with E-state index in [1.807, 2.05) is 0 Å². The average Bonchev–Trinajstić information content (AvgIpc) is 2.56. The molecule has 7 heteroatoms. The van der Waals surface area contributed by atoms with Crippen molar-refractivity contribution in [2.24, 2.45) is 0 Å². The average molecular weight is 399 g/mol. The fourth-order valence-corrected chi connectivity index (χ4v) is 3.79. The molecule has 0 fully saturated rings. The Morgan fingerprint density at radius 3 is 1.60 bits per heavy atom. The monoisotopic (exact) mass is 398 g/mol. The first kappa shape index (κ1) is 25.4. The summed E-state index contributed by atoms with van der Waals surface area (Å²) in [5.41, 5.74) is -0.366. The van der Waals surface area contributed by atoms with Crippen LogP contribution in [-0.2, 0) is 14.1 Å². The van der Waals surface area contributed by atoms with Gasteiger partial charge in [0.1, 0.15) is 5.44 Å². The van der Waals surface area contributed by atoms with Crippen molar-refractivity contribution in [2.75, 3.05) is 5.75 Å². The Hall–Kier alpha value is 0.420. The highest BCUT2D eigenvalue weighted by Crippen LogP contribution is 2.37. The summed E-state index contributed by atoms with van der Waals surface area (Å²) in [6.07, 6.45) is 18.8. The fraction of sp³-hybridized carbons (Fsp3) is 1.00. The number of unbranched alkanes of at least 4 members (excludes halogenated alkanes) is 13. The first-order valence-corrected chi connectivity index (χ1v) is 12.6. The van der Waals surface area contributed by atoms with Gasteiger partial charge in [0.15, 0.2) is 0 Å². The molecular formula is C18H39O5PS. The third-order valence-electron chi connectivity index (χ3n) is 4.13. The van der Waals surface area contributed by atoms with Crippen molar-refractivity contribution in [3.63, 3.8) is 0 Å². The molecule has 0 spiro atoms. The summed E-state index contributed by atoms with van der Waals surface area (Å²) in [4.78, 5) is 21.7. The second-order valence-corrected chi connectivity index (χ2v) is 9.23. The van der Waals surface area contributed by atoms with Gasteiger partial charge in [-0.25, -0.2) is 9.45 Å². The lowest BCUT2D eigenvalue weighted by molar-refractivity contribution is -0.229. The third kappa shape index (κ3) is 22.4. The highest BCUT2D eigenvalue weighted by molar-refractivity contribution is 7.99. The van der Waals surface area contributed by atoms with E-state index in [0.717, 1.165) is 12.2 Å². The Morgan fingerprint density at radius 1 is 0.800 bits per heavy atom. The molecule has 0 aliphatic heterocycles. The summed E-state index contributed by atoms with van der Waals surface area (Å²) in [5, 5.41) is 0. The van der Waals surface area contributed by atoms with Crippen molar-refractivity contribution in [2.45, 2.75) is 109 Å². The Labute approximate surface area is 158 Å². The number of hydrogen-bond acceptors (Lipinski definition) is 4. The minimum atomic E-state index is -4.53. The van der Waals surface area contributed by atoms with Gasteiger partial charge in [-0.15, -0.1) is 16.4 Å². The molecule has 0 bridgehead atoms. The van der Waals surface area contributed by atoms with Gasteiger partial charge in [0.25, 0.3) is 0 Å². The standard InChI is InChI=1S/C18H39O5PS/c1-3-4-5-6-7-8-9-10-11-12-13-14-15-16-17-25-18(2)22-23-24(19,20)21/h18H,3-17H2,1-2H3,(H2,19,20,21). The lowest BCUT2D eigenvalue weighted by Crippen LogP contribution is -2.04. The smallest absolute Gasteiger partial charge is 0.301 e. The predicted molar refractivity (Wildman–Crippen MR) is 106 cm³/mol. The zero-order chi connectivity index (χ0) is 18.8. The van der Waals surface area contributed by atoms with Crippen LogP contribution in [0.4, 0.5) is 0 Å². The van der Waals surface area contributed by atoms with Crippen LogP contribution in [0.15, 0.2) is 0 Å². The lowest BCUT2D eigenvalue weighted by Gasteiger charge is -2.11. The van der Waals surface area contributed by atoms with Crippen LogP contribution in [-0.4, -0.2) is 21.0 Å². The Kier molecular flexibility index (Phi) is 18.1. The van der Waals surface area contributed by atoms with Crippen molar-refractivity contribution < 1.29 is 23.9 Å². The molecule has 1 unspecified atom stereocenters. The predicted octanol–water partition coefficient (Wildman–Crippen LogP) is 6.59. The van der Waals surface area contributed by atoms with Crippen LogP contribution in [0, 0.1) is 0 Å². The molecule has 0 aromatic heterocycles. The van der Waals surface area contributed by atoms with Crippen molar-refractivity contribution in [1.29, 1.82) is 0 Å². The van der Waals surface area contributed by atoms with E-state index in [1.54, 1.807) is 6.92 Å². The molecule has 1 atom stereocenters. The Morgan fingerprint density at radius 2 is 1.20 bits per heavy atom. The van der Waals surface area contributed by atoms with E-state index in [-0.39, 0.29) is 5.44 Å². The van der Waals surface area contributed by atoms with Gasteiger partial charge in [-0.1, -0.05) is 90.4 Å². The van der Waals surface area contributed by atoms with E-state index in [2.05, 4.69) is 16.5 Å². The normalized spacial score (nSPS) is 13.3. The second-order valence-electron chi connectivity index (χ2n) is 6.70. The minimum absolute atomic E-state index is 0.366. The molecule has 25 heavy (non-hydrogen) atoms. The summed E-state index contributed by atoms with van der Waals surface area (Å²) < 4.78 is 14.5. The van der Waals surface area contributed by atoms with Gasteiger partial charge >= 0.3 is 7.82 Å². The van der Waals surface area contributed by atoms with Crippen molar-refractivity contribution >= 4 is 19.6 Å². The number of thioether (sulfide) groups is 1. The quantitative estimate of drug-likeness (QED) is 0.0840. The van der Waals surface area contributed by atoms with Crippen molar-refractivity contribution in [3.8, 4) is 0 Å². The maximum atomic E-state index is 10.5. The molecule has 0 aliphatic rings. The van der Waals surface area contributed by atoms with E-state index >= 15 is 0 Å². The van der Waals surface area contributed by atoms with E-state index < -0.39 is 7.82 Å². The molecule has 0 aromatic carbocycles. The largest absolute Gasteiger partial charge is 0.496 e. The van der Waals surface area contributed by atoms with Gasteiger partial charge in [0.05, 0.1) is 0 Å². The molecule has 0 heterocycles. The molecule has 5 nitrogen and oxygen atoms in total. The molecule has 0 aliphatic carbocycles. The van der Waals surface area contributed by atoms with Crippen LogP contribution in [0.1, 0.15) is 104 Å². The summed E-state index contributed by atoms with van der Waals surface area (Å²) in [6.45, 7) is 3.99. The molecule has 0 amide bonds. The SMILES string of the molecule is CCCCCCCCCCCCCCCCSC(C)OOP(=O)(O)O. The zero-order valence-corrected chi connectivity index (χ0v) is 17.9. The van der Waals surface area contributed by atoms with E-state index in [4.69, 9.17) is 9.79 Å². The maximum absolute atomic E-state index is 10.5. The highest BCUT2D eigenvalue weighted by Gasteiger charge is 2.17. The van der Waals surface area contributed by atoms with Crippen LogP contribution < -0.4 is 0 Å². The Balaban J connectivity index is 3.15. The fourth-order valence-electron chi connectivity index (χ4n) is 2.69. The highest BCUT2D eigenvalue weighted by atomic mass is 32.2. The summed E-state index contributed by atoms with van der Waals surface area (Å²) in [6, 6.07) is 0. The molecule has 0 saturated heterocycles. The third-order valence-corrected chi connectivity index (χ3v) is 5.48. The van der Waals surface area contributed by atoms with Gasteiger partial charge in [0.2, 0.25) is 0 Å². The van der Waals surface area contributed by atoms with Crippen LogP contribution in [0.5, 0.6) is 0 Å². The minimum Gasteiger partial charge on any atom is -0.301 e. The molecule has 2 N–H and O–H groups in total. The molecule has 0 saturated carbocycles. The van der Waals surface area contributed by atoms with Crippen molar-refractivity contribution in [1.82, 2.24) is 0 Å². The van der Waals surface area contributed by atoms with Crippen LogP contribution >= 0.6 is 19.6 Å². The molecule has 152 valence electrons. The van der Waals surface area contributed by atoms with E-state index in [1.165, 1.54) is 95.2 Å². The topological polar surface area (TPSA) is 76.0 Å². The second kappa shape index (κ2) is 17.8. The van der Waals surface area contributed by atoms with Gasteiger partial charge in [0, 0.05) is 0 Å². The van der Waals surface area contributed by atoms with Gasteiger partial charge in [-0.2, -0.15) is 0 Å². The maximum Gasteiger partial charge on any atom is 0.496 e. The van der Waals surface area contributed by atoms with E-state index in [9.17, 15) is 4.57 Å². The molecular weight excluding hydrogens is 359 g/mol. The molecule has 0 radical (unpaired) electrons. The van der Waals surface area contributed by atoms with Gasteiger partial charge < -0.3 is 9.79 Å². The lowest BCUT2D eigenvalue weighted by atomic mass is 10.0. The molecule has 0 rings (SSSR count). The Bertz CT molecular complexity index is 325. The number of hydrogen-bond donors (Lipinski definition) is 2. The summed E-state index contributed by atoms with van der Waals surface area (Å²) in [5.74, 6) is 0.920. The summed E-state index contributed by atoms with van der Waals surface area (Å²) >= 11 is 1.51. The number of phosphoric acid groups is 1. The first-order chi connectivity index (χ1) is 12.0. The number of rotatable bonds is 19.